The van der Waals surface area contributed by atoms with Crippen molar-refractivity contribution in [3.05, 3.63) is 138 Å². The van der Waals surface area contributed by atoms with Crippen LogP contribution < -0.4 is 5.32 Å². The van der Waals surface area contributed by atoms with Crippen molar-refractivity contribution in [2.24, 2.45) is 0 Å². The second kappa shape index (κ2) is 14.0. The fourth-order valence-electron chi connectivity index (χ4n) is 4.59. The number of carbonyl (C=O) groups is 2. The molecule has 4 rings (SSSR count). The molecule has 0 aromatic heterocycles. The van der Waals surface area contributed by atoms with Crippen LogP contribution in [0.15, 0.2) is 115 Å². The zero-order valence-corrected chi connectivity index (χ0v) is 22.8. The van der Waals surface area contributed by atoms with Crippen LogP contribution in [-0.2, 0) is 17.8 Å². The SMILES string of the molecule is Cc1ccc(NC(=O)N(CCC(=O)N(CCc2ccccc2)Cc2ccccc2)C(C)c2ccccc2)cc1. The molecule has 1 atom stereocenters. The van der Waals surface area contributed by atoms with Gasteiger partial charge in [0.15, 0.2) is 0 Å². The van der Waals surface area contributed by atoms with Crippen molar-refractivity contribution in [2.45, 2.75) is 39.3 Å². The van der Waals surface area contributed by atoms with Crippen molar-refractivity contribution in [2.75, 3.05) is 18.4 Å². The summed E-state index contributed by atoms with van der Waals surface area (Å²) in [6, 6.07) is 37.5. The summed E-state index contributed by atoms with van der Waals surface area (Å²) in [7, 11) is 0. The van der Waals surface area contributed by atoms with Gasteiger partial charge in [0.05, 0.1) is 6.04 Å². The molecule has 39 heavy (non-hydrogen) atoms. The van der Waals surface area contributed by atoms with Crippen LogP contribution in [0, 0.1) is 6.92 Å². The van der Waals surface area contributed by atoms with Crippen LogP contribution in [0.1, 0.15) is 41.6 Å². The highest BCUT2D eigenvalue weighted by Crippen LogP contribution is 2.22. The van der Waals surface area contributed by atoms with E-state index in [0.29, 0.717) is 19.6 Å². The molecule has 5 heteroatoms. The summed E-state index contributed by atoms with van der Waals surface area (Å²) in [5, 5.41) is 3.02. The molecule has 0 aliphatic carbocycles. The molecule has 0 aliphatic rings. The van der Waals surface area contributed by atoms with Gasteiger partial charge >= 0.3 is 6.03 Å². The van der Waals surface area contributed by atoms with Crippen molar-refractivity contribution >= 4 is 17.6 Å². The van der Waals surface area contributed by atoms with Gasteiger partial charge in [-0.2, -0.15) is 0 Å². The lowest BCUT2D eigenvalue weighted by Gasteiger charge is -2.31. The number of urea groups is 1. The number of aryl methyl sites for hydroxylation is 1. The van der Waals surface area contributed by atoms with Crippen molar-refractivity contribution in [1.29, 1.82) is 0 Å². The normalized spacial score (nSPS) is 11.4. The molecule has 5 nitrogen and oxygen atoms in total. The van der Waals surface area contributed by atoms with Gasteiger partial charge < -0.3 is 15.1 Å². The van der Waals surface area contributed by atoms with Gasteiger partial charge in [-0.25, -0.2) is 4.79 Å². The average Bonchev–Trinajstić information content (AvgIpc) is 2.98. The van der Waals surface area contributed by atoms with Crippen LogP contribution in [0.4, 0.5) is 10.5 Å². The van der Waals surface area contributed by atoms with Gasteiger partial charge in [-0.1, -0.05) is 109 Å². The highest BCUT2D eigenvalue weighted by Gasteiger charge is 2.24. The van der Waals surface area contributed by atoms with Crippen molar-refractivity contribution in [3.63, 3.8) is 0 Å². The Morgan fingerprint density at radius 3 is 1.90 bits per heavy atom. The Labute approximate surface area is 232 Å². The second-order valence-corrected chi connectivity index (χ2v) is 9.86. The summed E-state index contributed by atoms with van der Waals surface area (Å²) in [5.74, 6) is 0.0307. The molecule has 200 valence electrons. The molecule has 0 heterocycles. The van der Waals surface area contributed by atoms with E-state index >= 15 is 0 Å². The van der Waals surface area contributed by atoms with E-state index in [4.69, 9.17) is 0 Å². The van der Waals surface area contributed by atoms with E-state index in [1.807, 2.05) is 122 Å². The largest absolute Gasteiger partial charge is 0.338 e. The molecule has 0 aliphatic heterocycles. The predicted molar refractivity (Wildman–Crippen MR) is 158 cm³/mol. The Hall–Kier alpha value is -4.38. The monoisotopic (exact) mass is 519 g/mol. The van der Waals surface area contributed by atoms with Crippen LogP contribution in [0.2, 0.25) is 0 Å². The van der Waals surface area contributed by atoms with Gasteiger partial charge in [-0.3, -0.25) is 4.79 Å². The molecule has 1 unspecified atom stereocenters. The Bertz CT molecular complexity index is 1310. The lowest BCUT2D eigenvalue weighted by atomic mass is 10.1. The minimum Gasteiger partial charge on any atom is -0.338 e. The summed E-state index contributed by atoms with van der Waals surface area (Å²) >= 11 is 0. The molecule has 3 amide bonds. The number of amides is 3. The van der Waals surface area contributed by atoms with Gasteiger partial charge in [0.1, 0.15) is 0 Å². The van der Waals surface area contributed by atoms with Crippen molar-refractivity contribution in [3.8, 4) is 0 Å². The van der Waals surface area contributed by atoms with Crippen molar-refractivity contribution in [1.82, 2.24) is 9.80 Å². The maximum Gasteiger partial charge on any atom is 0.322 e. The van der Waals surface area contributed by atoms with E-state index in [-0.39, 0.29) is 24.4 Å². The maximum absolute atomic E-state index is 13.6. The molecule has 0 saturated heterocycles. The van der Waals surface area contributed by atoms with Gasteiger partial charge in [0.25, 0.3) is 0 Å². The molecule has 0 radical (unpaired) electrons. The van der Waals surface area contributed by atoms with Gasteiger partial charge in [0.2, 0.25) is 5.91 Å². The third-order valence-electron chi connectivity index (χ3n) is 6.96. The standard InChI is InChI=1S/C34H37N3O2/c1-27-18-20-32(21-19-27)35-34(39)37(28(2)31-16-10-5-11-17-31)25-23-33(38)36(26-30-14-8-4-9-15-30)24-22-29-12-6-3-7-13-29/h3-21,28H,22-26H2,1-2H3,(H,35,39). The van der Waals surface area contributed by atoms with Gasteiger partial charge in [0, 0.05) is 31.7 Å². The topological polar surface area (TPSA) is 52.7 Å². The Morgan fingerprint density at radius 2 is 1.28 bits per heavy atom. The summed E-state index contributed by atoms with van der Waals surface area (Å²) in [5.41, 5.74) is 5.16. The molecule has 0 fully saturated rings. The van der Waals surface area contributed by atoms with Crippen LogP contribution in [0.25, 0.3) is 0 Å². The average molecular weight is 520 g/mol. The number of hydrogen-bond donors (Lipinski definition) is 1. The Kier molecular flexibility index (Phi) is 9.90. The maximum atomic E-state index is 13.6. The zero-order valence-electron chi connectivity index (χ0n) is 22.8. The Morgan fingerprint density at radius 1 is 0.718 bits per heavy atom. The second-order valence-electron chi connectivity index (χ2n) is 9.86. The Balaban J connectivity index is 1.49. The molecular formula is C34H37N3O2. The third-order valence-corrected chi connectivity index (χ3v) is 6.96. The van der Waals surface area contributed by atoms with Crippen LogP contribution in [0.3, 0.4) is 0 Å². The summed E-state index contributed by atoms with van der Waals surface area (Å²) < 4.78 is 0. The first kappa shape index (κ1) is 27.6. The fourth-order valence-corrected chi connectivity index (χ4v) is 4.59. The molecular weight excluding hydrogens is 482 g/mol. The first-order valence-electron chi connectivity index (χ1n) is 13.5. The first-order chi connectivity index (χ1) is 19.0. The number of hydrogen-bond acceptors (Lipinski definition) is 2. The van der Waals surface area contributed by atoms with Crippen LogP contribution in [-0.4, -0.2) is 34.8 Å². The number of benzene rings is 4. The smallest absolute Gasteiger partial charge is 0.322 e. The van der Waals surface area contributed by atoms with E-state index in [9.17, 15) is 9.59 Å². The molecule has 4 aromatic carbocycles. The highest BCUT2D eigenvalue weighted by molar-refractivity contribution is 5.90. The van der Waals surface area contributed by atoms with Crippen molar-refractivity contribution < 1.29 is 9.59 Å². The molecule has 0 bridgehead atoms. The van der Waals surface area contributed by atoms with Crippen LogP contribution >= 0.6 is 0 Å². The lowest BCUT2D eigenvalue weighted by molar-refractivity contribution is -0.132. The fraction of sp³-hybridized carbons (Fsp3) is 0.235. The zero-order chi connectivity index (χ0) is 27.5. The minimum atomic E-state index is -0.220. The number of carbonyl (C=O) groups excluding carboxylic acids is 2. The summed E-state index contributed by atoms with van der Waals surface area (Å²) in [6.45, 7) is 5.48. The molecule has 1 N–H and O–H groups in total. The third kappa shape index (κ3) is 8.30. The summed E-state index contributed by atoms with van der Waals surface area (Å²) in [6.07, 6.45) is 1.01. The molecule has 0 spiro atoms. The van der Waals surface area contributed by atoms with E-state index in [0.717, 1.165) is 28.8 Å². The molecule has 0 saturated carbocycles. The van der Waals surface area contributed by atoms with E-state index in [1.54, 1.807) is 4.90 Å². The van der Waals surface area contributed by atoms with E-state index in [1.165, 1.54) is 5.56 Å². The number of nitrogens with one attached hydrogen (secondary N) is 1. The highest BCUT2D eigenvalue weighted by atomic mass is 16.2. The quantitative estimate of drug-likeness (QED) is 0.227. The predicted octanol–water partition coefficient (Wildman–Crippen LogP) is 7.25. The number of anilines is 1. The first-order valence-corrected chi connectivity index (χ1v) is 13.5. The van der Waals surface area contributed by atoms with E-state index in [2.05, 4.69) is 17.4 Å². The van der Waals surface area contributed by atoms with Gasteiger partial charge in [-0.15, -0.1) is 0 Å². The summed E-state index contributed by atoms with van der Waals surface area (Å²) in [4.78, 5) is 30.8. The number of rotatable bonds is 11. The van der Waals surface area contributed by atoms with Crippen LogP contribution in [0.5, 0.6) is 0 Å². The van der Waals surface area contributed by atoms with Gasteiger partial charge in [-0.05, 0) is 49.1 Å². The van der Waals surface area contributed by atoms with E-state index < -0.39 is 0 Å². The molecule has 4 aromatic rings. The lowest BCUT2D eigenvalue weighted by Crippen LogP contribution is -2.41. The number of nitrogens with zero attached hydrogens (tertiary/aromatic N) is 2. The minimum absolute atomic E-state index is 0.0307.